The van der Waals surface area contributed by atoms with Crippen LogP contribution in [0.15, 0.2) is 60.2 Å². The number of carbonyl (C=O) groups is 1. The standard InChI is InChI=1S/C44H63NO6/c1-32-11-9-22-43(2)41(39-20-18-34(25-36(46)19-17-32)26-40(39)42(48)35-14-7-4-8-15-35)21-23-44(43,49)31-45(28-38-16-10-24-51-38)27-37(47)30-50-29-33-12-5-3-6-13-33/h3,5-6,11-13,18,20,26,35-38,41,46-47,49H,4,7-10,14-17,19,21-25,27-31H2,1-2H3. The predicted octanol–water partition coefficient (Wildman–Crippen LogP) is 7.55. The van der Waals surface area contributed by atoms with E-state index in [9.17, 15) is 20.1 Å². The van der Waals surface area contributed by atoms with Gasteiger partial charge in [0, 0.05) is 43.1 Å². The summed E-state index contributed by atoms with van der Waals surface area (Å²) in [4.78, 5) is 16.6. The molecule has 1 saturated heterocycles. The molecule has 0 aromatic heterocycles. The van der Waals surface area contributed by atoms with Gasteiger partial charge in [0.1, 0.15) is 0 Å². The molecule has 7 heteroatoms. The van der Waals surface area contributed by atoms with E-state index in [-0.39, 0.29) is 30.3 Å². The first-order valence-corrected chi connectivity index (χ1v) is 20.0. The normalized spacial score (nSPS) is 29.8. The molecule has 2 bridgehead atoms. The summed E-state index contributed by atoms with van der Waals surface area (Å²) in [5.41, 5.74) is 3.69. The van der Waals surface area contributed by atoms with Crippen molar-refractivity contribution in [3.8, 4) is 0 Å². The summed E-state index contributed by atoms with van der Waals surface area (Å²) in [6.45, 7) is 7.29. The molecule has 51 heavy (non-hydrogen) atoms. The highest BCUT2D eigenvalue weighted by Gasteiger charge is 2.57. The molecule has 2 saturated carbocycles. The van der Waals surface area contributed by atoms with Crippen molar-refractivity contribution in [3.63, 3.8) is 0 Å². The van der Waals surface area contributed by atoms with Crippen LogP contribution in [0.5, 0.6) is 0 Å². The minimum absolute atomic E-state index is 0.00405. The van der Waals surface area contributed by atoms with Gasteiger partial charge in [-0.15, -0.1) is 0 Å². The van der Waals surface area contributed by atoms with Crippen molar-refractivity contribution in [2.45, 2.75) is 140 Å². The van der Waals surface area contributed by atoms with Crippen LogP contribution in [0.2, 0.25) is 0 Å². The highest BCUT2D eigenvalue weighted by molar-refractivity contribution is 5.99. The molecular weight excluding hydrogens is 638 g/mol. The number of nitrogens with zero attached hydrogens (tertiary/aromatic N) is 1. The SMILES string of the molecule is CC1=CCCC2(C)C(CCC2(O)CN(CC(O)COCc2ccccc2)CC2CCCO2)c2ccc(cc2C(=O)C2CCCCC2)CC(O)CC1. The lowest BCUT2D eigenvalue weighted by Crippen LogP contribution is -2.55. The number of ether oxygens (including phenoxy) is 2. The molecule has 3 N–H and O–H groups in total. The van der Waals surface area contributed by atoms with Crippen molar-refractivity contribution in [1.29, 1.82) is 0 Å². The van der Waals surface area contributed by atoms with E-state index in [2.05, 4.69) is 43.0 Å². The van der Waals surface area contributed by atoms with Crippen LogP contribution in [0.1, 0.15) is 130 Å². The summed E-state index contributed by atoms with van der Waals surface area (Å²) in [6, 6.07) is 16.4. The molecule has 2 aromatic carbocycles. The van der Waals surface area contributed by atoms with Gasteiger partial charge in [0.05, 0.1) is 37.1 Å². The summed E-state index contributed by atoms with van der Waals surface area (Å²) in [5, 5.41) is 35.3. The fourth-order valence-electron chi connectivity index (χ4n) is 9.69. The number of benzene rings is 2. The molecule has 7 nitrogen and oxygen atoms in total. The quantitative estimate of drug-likeness (QED) is 0.155. The van der Waals surface area contributed by atoms with E-state index >= 15 is 0 Å². The lowest BCUT2D eigenvalue weighted by Gasteiger charge is -2.46. The second kappa shape index (κ2) is 17.6. The summed E-state index contributed by atoms with van der Waals surface area (Å²) in [7, 11) is 0. The van der Waals surface area contributed by atoms with Crippen molar-refractivity contribution in [2.75, 3.05) is 32.8 Å². The summed E-state index contributed by atoms with van der Waals surface area (Å²) < 4.78 is 12.0. The molecule has 0 radical (unpaired) electrons. The third-order valence-electron chi connectivity index (χ3n) is 12.8. The van der Waals surface area contributed by atoms with Crippen molar-refractivity contribution in [2.24, 2.45) is 11.3 Å². The van der Waals surface area contributed by atoms with Crippen LogP contribution < -0.4 is 0 Å². The molecule has 1 aliphatic heterocycles. The van der Waals surface area contributed by atoms with Gasteiger partial charge in [-0.25, -0.2) is 0 Å². The van der Waals surface area contributed by atoms with Crippen molar-refractivity contribution in [1.82, 2.24) is 4.90 Å². The fourth-order valence-corrected chi connectivity index (χ4v) is 9.69. The monoisotopic (exact) mass is 701 g/mol. The molecule has 7 rings (SSSR count). The smallest absolute Gasteiger partial charge is 0.166 e. The molecular formula is C44H63NO6. The minimum atomic E-state index is -1.04. The van der Waals surface area contributed by atoms with Gasteiger partial charge < -0.3 is 24.8 Å². The predicted molar refractivity (Wildman–Crippen MR) is 202 cm³/mol. The second-order valence-electron chi connectivity index (χ2n) is 16.6. The van der Waals surface area contributed by atoms with Crippen LogP contribution in [0.25, 0.3) is 0 Å². The maximum Gasteiger partial charge on any atom is 0.166 e. The van der Waals surface area contributed by atoms with Crippen molar-refractivity contribution in [3.05, 3.63) is 82.4 Å². The van der Waals surface area contributed by atoms with Crippen LogP contribution in [-0.4, -0.2) is 82.8 Å². The summed E-state index contributed by atoms with van der Waals surface area (Å²) in [6.07, 6.45) is 13.6. The Morgan fingerprint density at radius 2 is 1.82 bits per heavy atom. The second-order valence-corrected chi connectivity index (χ2v) is 16.6. The lowest BCUT2D eigenvalue weighted by molar-refractivity contribution is -0.0961. The van der Waals surface area contributed by atoms with Crippen molar-refractivity contribution < 1.29 is 29.6 Å². The topological polar surface area (TPSA) is 99.5 Å². The van der Waals surface area contributed by atoms with Gasteiger partial charge in [-0.2, -0.15) is 0 Å². The van der Waals surface area contributed by atoms with E-state index in [1.54, 1.807) is 0 Å². The van der Waals surface area contributed by atoms with Crippen LogP contribution in [-0.2, 0) is 22.5 Å². The van der Waals surface area contributed by atoms with Gasteiger partial charge in [0.25, 0.3) is 0 Å². The van der Waals surface area contributed by atoms with Gasteiger partial charge in [-0.1, -0.05) is 80.3 Å². The average Bonchev–Trinajstić information content (AvgIpc) is 3.73. The molecule has 4 aliphatic carbocycles. The third-order valence-corrected chi connectivity index (χ3v) is 12.8. The summed E-state index contributed by atoms with van der Waals surface area (Å²) in [5.74, 6) is 0.297. The van der Waals surface area contributed by atoms with E-state index in [1.165, 1.54) is 12.0 Å². The highest BCUT2D eigenvalue weighted by atomic mass is 16.5. The Morgan fingerprint density at radius 3 is 2.59 bits per heavy atom. The Labute approximate surface area is 306 Å². The first-order chi connectivity index (χ1) is 24.6. The summed E-state index contributed by atoms with van der Waals surface area (Å²) >= 11 is 0. The van der Waals surface area contributed by atoms with Gasteiger partial charge in [0.2, 0.25) is 0 Å². The zero-order valence-electron chi connectivity index (χ0n) is 31.2. The largest absolute Gasteiger partial charge is 0.393 e. The van der Waals surface area contributed by atoms with Crippen molar-refractivity contribution >= 4 is 5.78 Å². The molecule has 0 spiro atoms. The molecule has 3 fully saturated rings. The van der Waals surface area contributed by atoms with Gasteiger partial charge >= 0.3 is 0 Å². The number of allylic oxidation sites excluding steroid dienone is 2. The van der Waals surface area contributed by atoms with E-state index in [4.69, 9.17) is 9.47 Å². The number of carbonyl (C=O) groups excluding carboxylic acids is 1. The highest BCUT2D eigenvalue weighted by Crippen LogP contribution is 2.59. The van der Waals surface area contributed by atoms with Gasteiger partial charge in [-0.3, -0.25) is 9.69 Å². The zero-order chi connectivity index (χ0) is 35.8. The Bertz CT molecular complexity index is 1450. The number of ketones is 1. The van der Waals surface area contributed by atoms with E-state index in [0.717, 1.165) is 93.1 Å². The molecule has 6 atom stereocenters. The van der Waals surface area contributed by atoms with E-state index in [0.29, 0.717) is 45.5 Å². The number of Topliss-reactive ketones (excluding diaryl/α,β-unsaturated/α-hetero) is 1. The van der Waals surface area contributed by atoms with Crippen LogP contribution in [0.3, 0.4) is 0 Å². The molecule has 280 valence electrons. The Hall–Kier alpha value is -2.39. The molecule has 0 amide bonds. The molecule has 2 aromatic rings. The lowest BCUT2D eigenvalue weighted by atomic mass is 9.64. The number of hydrogen-bond donors (Lipinski definition) is 3. The number of aliphatic hydroxyl groups is 3. The third kappa shape index (κ3) is 9.59. The van der Waals surface area contributed by atoms with Crippen LogP contribution in [0.4, 0.5) is 0 Å². The van der Waals surface area contributed by atoms with Gasteiger partial charge in [-0.05, 0) is 106 Å². The van der Waals surface area contributed by atoms with Crippen LogP contribution in [0, 0.1) is 11.3 Å². The molecule has 1 heterocycles. The maximum absolute atomic E-state index is 14.4. The Kier molecular flexibility index (Phi) is 13.2. The van der Waals surface area contributed by atoms with E-state index < -0.39 is 23.2 Å². The zero-order valence-corrected chi connectivity index (χ0v) is 31.2. The maximum atomic E-state index is 14.4. The number of aliphatic hydroxyl groups excluding tert-OH is 2. The Balaban J connectivity index is 1.29. The molecule has 5 aliphatic rings. The fraction of sp³-hybridized carbons (Fsp3) is 0.659. The first kappa shape index (κ1) is 38.3. The number of fused-ring (bicyclic) bond motifs is 8. The Morgan fingerprint density at radius 1 is 1.02 bits per heavy atom. The van der Waals surface area contributed by atoms with E-state index in [1.807, 2.05) is 30.3 Å². The minimum Gasteiger partial charge on any atom is -0.393 e. The first-order valence-electron chi connectivity index (χ1n) is 20.0. The average molecular weight is 702 g/mol. The van der Waals surface area contributed by atoms with Gasteiger partial charge in [0.15, 0.2) is 5.78 Å². The van der Waals surface area contributed by atoms with Crippen LogP contribution >= 0.6 is 0 Å². The number of hydrogen-bond acceptors (Lipinski definition) is 7. The number of rotatable bonds is 12. The molecule has 6 unspecified atom stereocenters.